The highest BCUT2D eigenvalue weighted by Gasteiger charge is 2.16. The van der Waals surface area contributed by atoms with Crippen LogP contribution in [0, 0.1) is 13.8 Å². The summed E-state index contributed by atoms with van der Waals surface area (Å²) >= 11 is 1.39. The minimum Gasteiger partial charge on any atom is -0.298 e. The number of pyridine rings is 2. The molecule has 128 valence electrons. The van der Waals surface area contributed by atoms with Crippen LogP contribution in [-0.2, 0) is 0 Å². The minimum atomic E-state index is -0.187. The zero-order chi connectivity index (χ0) is 18.1. The largest absolute Gasteiger partial charge is 0.298 e. The zero-order valence-electron chi connectivity index (χ0n) is 14.4. The number of rotatable bonds is 3. The van der Waals surface area contributed by atoms with Crippen LogP contribution in [0.25, 0.3) is 22.2 Å². The van der Waals surface area contributed by atoms with Gasteiger partial charge in [0.05, 0.1) is 16.8 Å². The molecule has 0 bridgehead atoms. The van der Waals surface area contributed by atoms with Gasteiger partial charge in [0, 0.05) is 34.9 Å². The van der Waals surface area contributed by atoms with Crippen molar-refractivity contribution < 1.29 is 4.79 Å². The van der Waals surface area contributed by atoms with Gasteiger partial charge in [-0.15, -0.1) is 11.3 Å². The van der Waals surface area contributed by atoms with Gasteiger partial charge in [-0.2, -0.15) is 0 Å². The monoisotopic (exact) mass is 360 g/mol. The number of fused-ring (bicyclic) bond motifs is 1. The molecule has 0 aliphatic rings. The number of anilines is 1. The quantitative estimate of drug-likeness (QED) is 0.579. The Kier molecular flexibility index (Phi) is 4.18. The molecule has 0 radical (unpaired) electrons. The molecule has 1 amide bonds. The van der Waals surface area contributed by atoms with Crippen molar-refractivity contribution in [2.24, 2.45) is 0 Å². The van der Waals surface area contributed by atoms with Gasteiger partial charge in [-0.1, -0.05) is 11.6 Å². The van der Waals surface area contributed by atoms with Crippen LogP contribution in [0.3, 0.4) is 0 Å². The van der Waals surface area contributed by atoms with E-state index in [-0.39, 0.29) is 5.91 Å². The van der Waals surface area contributed by atoms with E-state index in [0.29, 0.717) is 10.7 Å². The van der Waals surface area contributed by atoms with Crippen molar-refractivity contribution in [2.45, 2.75) is 13.8 Å². The predicted molar refractivity (Wildman–Crippen MR) is 105 cm³/mol. The summed E-state index contributed by atoms with van der Waals surface area (Å²) in [6.45, 7) is 4.03. The van der Waals surface area contributed by atoms with Crippen LogP contribution in [0.4, 0.5) is 5.13 Å². The van der Waals surface area contributed by atoms with E-state index < -0.39 is 0 Å². The van der Waals surface area contributed by atoms with E-state index in [1.165, 1.54) is 11.3 Å². The van der Waals surface area contributed by atoms with E-state index >= 15 is 0 Å². The molecular weight excluding hydrogens is 344 g/mol. The molecule has 1 aromatic carbocycles. The molecule has 5 nitrogen and oxygen atoms in total. The number of nitrogens with zero attached hydrogens (tertiary/aromatic N) is 3. The topological polar surface area (TPSA) is 67.8 Å². The fourth-order valence-electron chi connectivity index (χ4n) is 2.99. The first kappa shape index (κ1) is 16.4. The third-order valence-corrected chi connectivity index (χ3v) is 4.81. The lowest BCUT2D eigenvalue weighted by Crippen LogP contribution is -2.13. The van der Waals surface area contributed by atoms with E-state index in [1.54, 1.807) is 18.6 Å². The lowest BCUT2D eigenvalue weighted by atomic mass is 9.99. The predicted octanol–water partition coefficient (Wildman–Crippen LogP) is 4.62. The third-order valence-electron chi connectivity index (χ3n) is 4.12. The van der Waals surface area contributed by atoms with Crippen molar-refractivity contribution in [2.75, 3.05) is 5.32 Å². The Labute approximate surface area is 154 Å². The second kappa shape index (κ2) is 6.65. The number of nitrogens with one attached hydrogen (secondary N) is 1. The van der Waals surface area contributed by atoms with Gasteiger partial charge in [-0.05, 0) is 43.7 Å². The van der Waals surface area contributed by atoms with E-state index in [9.17, 15) is 4.79 Å². The molecule has 4 aromatic rings. The summed E-state index contributed by atoms with van der Waals surface area (Å²) in [6.07, 6.45) is 5.11. The SMILES string of the molecule is Cc1cc(C)c2nc(-c3ccncc3)cc(C(=O)Nc3nccs3)c2c1. The van der Waals surface area contributed by atoms with Crippen LogP contribution < -0.4 is 5.32 Å². The maximum absolute atomic E-state index is 12.9. The van der Waals surface area contributed by atoms with Crippen LogP contribution in [0.2, 0.25) is 0 Å². The lowest BCUT2D eigenvalue weighted by Gasteiger charge is -2.12. The Balaban J connectivity index is 1.92. The molecule has 0 aliphatic heterocycles. The first-order chi connectivity index (χ1) is 12.6. The van der Waals surface area contributed by atoms with Crippen LogP contribution in [0.15, 0.2) is 54.3 Å². The summed E-state index contributed by atoms with van der Waals surface area (Å²) in [5.41, 5.74) is 5.22. The minimum absolute atomic E-state index is 0.187. The number of thiazole rings is 1. The molecule has 0 unspecified atom stereocenters. The van der Waals surface area contributed by atoms with Gasteiger partial charge in [-0.25, -0.2) is 9.97 Å². The summed E-state index contributed by atoms with van der Waals surface area (Å²) in [5.74, 6) is -0.187. The van der Waals surface area contributed by atoms with Gasteiger partial charge in [0.15, 0.2) is 5.13 Å². The number of carbonyl (C=O) groups is 1. The number of carbonyl (C=O) groups excluding carboxylic acids is 1. The van der Waals surface area contributed by atoms with Gasteiger partial charge in [-0.3, -0.25) is 15.1 Å². The van der Waals surface area contributed by atoms with Gasteiger partial charge in [0.25, 0.3) is 5.91 Å². The molecule has 0 saturated heterocycles. The van der Waals surface area contributed by atoms with E-state index in [4.69, 9.17) is 4.98 Å². The molecular formula is C20H16N4OS. The highest BCUT2D eigenvalue weighted by molar-refractivity contribution is 7.13. The molecule has 26 heavy (non-hydrogen) atoms. The van der Waals surface area contributed by atoms with Crippen LogP contribution in [0.5, 0.6) is 0 Å². The highest BCUT2D eigenvalue weighted by atomic mass is 32.1. The number of hydrogen-bond acceptors (Lipinski definition) is 5. The molecule has 0 saturated carbocycles. The zero-order valence-corrected chi connectivity index (χ0v) is 15.2. The second-order valence-corrected chi connectivity index (χ2v) is 6.95. The molecule has 3 heterocycles. The van der Waals surface area contributed by atoms with Crippen molar-refractivity contribution in [3.8, 4) is 11.3 Å². The molecule has 3 aromatic heterocycles. The van der Waals surface area contributed by atoms with Crippen molar-refractivity contribution in [1.82, 2.24) is 15.0 Å². The first-order valence-corrected chi connectivity index (χ1v) is 9.03. The molecule has 0 aliphatic carbocycles. The number of hydrogen-bond donors (Lipinski definition) is 1. The number of aromatic nitrogens is 3. The van der Waals surface area contributed by atoms with Gasteiger partial charge in [0.1, 0.15) is 0 Å². The summed E-state index contributed by atoms with van der Waals surface area (Å²) in [7, 11) is 0. The maximum Gasteiger partial charge on any atom is 0.258 e. The summed E-state index contributed by atoms with van der Waals surface area (Å²) in [5, 5.41) is 6.13. The van der Waals surface area contributed by atoms with Crippen LogP contribution in [0.1, 0.15) is 21.5 Å². The van der Waals surface area contributed by atoms with Gasteiger partial charge >= 0.3 is 0 Å². The molecule has 4 rings (SSSR count). The summed E-state index contributed by atoms with van der Waals surface area (Å²) in [6, 6.07) is 9.69. The fraction of sp³-hybridized carbons (Fsp3) is 0.100. The van der Waals surface area contributed by atoms with Crippen molar-refractivity contribution in [3.05, 3.63) is 71.0 Å². The molecule has 0 spiro atoms. The van der Waals surface area contributed by atoms with Crippen LogP contribution >= 0.6 is 11.3 Å². The lowest BCUT2D eigenvalue weighted by molar-refractivity contribution is 0.102. The van der Waals surface area contributed by atoms with Crippen LogP contribution in [-0.4, -0.2) is 20.9 Å². The summed E-state index contributed by atoms with van der Waals surface area (Å²) < 4.78 is 0. The van der Waals surface area contributed by atoms with Crippen molar-refractivity contribution >= 4 is 33.3 Å². The average Bonchev–Trinajstić information content (AvgIpc) is 3.14. The Morgan fingerprint density at radius 1 is 1.08 bits per heavy atom. The Morgan fingerprint density at radius 2 is 1.88 bits per heavy atom. The summed E-state index contributed by atoms with van der Waals surface area (Å²) in [4.78, 5) is 25.9. The highest BCUT2D eigenvalue weighted by Crippen LogP contribution is 2.28. The molecule has 1 N–H and O–H groups in total. The Bertz CT molecular complexity index is 1090. The second-order valence-electron chi connectivity index (χ2n) is 6.06. The van der Waals surface area contributed by atoms with E-state index in [1.807, 2.05) is 43.5 Å². The third kappa shape index (κ3) is 3.07. The number of benzene rings is 1. The molecule has 0 fully saturated rings. The Morgan fingerprint density at radius 3 is 2.62 bits per heavy atom. The van der Waals surface area contributed by atoms with Gasteiger partial charge < -0.3 is 0 Å². The van der Waals surface area contributed by atoms with E-state index in [0.717, 1.165) is 33.3 Å². The standard InChI is InChI=1S/C20H16N4OS/c1-12-9-13(2)18-15(10-12)16(19(25)24-20-22-7-8-26-20)11-17(23-18)14-3-5-21-6-4-14/h3-11H,1-2H3,(H,22,24,25). The van der Waals surface area contributed by atoms with Crippen molar-refractivity contribution in [3.63, 3.8) is 0 Å². The average molecular weight is 360 g/mol. The van der Waals surface area contributed by atoms with E-state index in [2.05, 4.69) is 21.4 Å². The molecule has 0 atom stereocenters. The molecule has 6 heteroatoms. The normalized spacial score (nSPS) is 10.8. The number of aryl methyl sites for hydroxylation is 2. The fourth-order valence-corrected chi connectivity index (χ4v) is 3.51. The maximum atomic E-state index is 12.9. The smallest absolute Gasteiger partial charge is 0.258 e. The van der Waals surface area contributed by atoms with Gasteiger partial charge in [0.2, 0.25) is 0 Å². The Hall–Kier alpha value is -3.12. The van der Waals surface area contributed by atoms with Crippen molar-refractivity contribution in [1.29, 1.82) is 0 Å². The number of amides is 1. The first-order valence-electron chi connectivity index (χ1n) is 8.15.